The molecule has 2 nitrogen and oxygen atoms in total. The Morgan fingerprint density at radius 1 is 1.29 bits per heavy atom. The van der Waals surface area contributed by atoms with E-state index in [9.17, 15) is 0 Å². The van der Waals surface area contributed by atoms with Gasteiger partial charge in [-0.05, 0) is 37.1 Å². The number of nitrogens with one attached hydrogen (secondary N) is 1. The summed E-state index contributed by atoms with van der Waals surface area (Å²) in [6, 6.07) is 6.83. The molecule has 1 aliphatic heterocycles. The number of nitrogens with zero attached hydrogens (tertiary/aromatic N) is 1. The van der Waals surface area contributed by atoms with Crippen molar-refractivity contribution in [3.8, 4) is 0 Å². The molecule has 2 aromatic rings. The summed E-state index contributed by atoms with van der Waals surface area (Å²) in [7, 11) is 2.13. The monoisotopic (exact) mass is 186 g/mol. The van der Waals surface area contributed by atoms with E-state index < -0.39 is 0 Å². The fourth-order valence-corrected chi connectivity index (χ4v) is 2.27. The van der Waals surface area contributed by atoms with Crippen LogP contribution in [0.2, 0.25) is 0 Å². The molecule has 0 atom stereocenters. The number of rotatable bonds is 0. The quantitative estimate of drug-likeness (QED) is 0.668. The van der Waals surface area contributed by atoms with Gasteiger partial charge in [-0.15, -0.1) is 0 Å². The Hall–Kier alpha value is -1.44. The van der Waals surface area contributed by atoms with Gasteiger partial charge in [-0.2, -0.15) is 0 Å². The Morgan fingerprint density at radius 2 is 2.14 bits per heavy atom. The van der Waals surface area contributed by atoms with Crippen molar-refractivity contribution in [1.82, 2.24) is 4.57 Å². The SMILES string of the molecule is Cc1cc2cc3c(cc2n1C)CCN3. The summed E-state index contributed by atoms with van der Waals surface area (Å²) in [4.78, 5) is 0. The molecule has 0 saturated heterocycles. The maximum absolute atomic E-state index is 3.41. The molecule has 1 N–H and O–H groups in total. The molecule has 1 aromatic heterocycles. The molecule has 0 unspecified atom stereocenters. The molecule has 2 heterocycles. The Balaban J connectivity index is 2.38. The van der Waals surface area contributed by atoms with Gasteiger partial charge in [0.05, 0.1) is 0 Å². The highest BCUT2D eigenvalue weighted by molar-refractivity contribution is 5.87. The molecular formula is C12H14N2. The minimum Gasteiger partial charge on any atom is -0.384 e. The molecule has 2 heteroatoms. The standard InChI is InChI=1S/C12H14N2/c1-8-5-10-6-11-9(3-4-13-11)7-12(10)14(8)2/h5-7,13H,3-4H2,1-2H3. The van der Waals surface area contributed by atoms with Gasteiger partial charge in [0.1, 0.15) is 0 Å². The molecule has 72 valence electrons. The van der Waals surface area contributed by atoms with Crippen LogP contribution in [0.3, 0.4) is 0 Å². The summed E-state index contributed by atoms with van der Waals surface area (Å²) in [5, 5.41) is 4.76. The van der Waals surface area contributed by atoms with Crippen molar-refractivity contribution in [2.45, 2.75) is 13.3 Å². The molecular weight excluding hydrogens is 172 g/mol. The first-order valence-corrected chi connectivity index (χ1v) is 5.08. The van der Waals surface area contributed by atoms with Crippen LogP contribution in [0.4, 0.5) is 5.69 Å². The molecule has 0 amide bonds. The minimum absolute atomic E-state index is 1.09. The van der Waals surface area contributed by atoms with Crippen LogP contribution < -0.4 is 5.32 Å². The van der Waals surface area contributed by atoms with E-state index in [-0.39, 0.29) is 0 Å². The lowest BCUT2D eigenvalue weighted by Gasteiger charge is -2.02. The van der Waals surface area contributed by atoms with E-state index in [1.165, 1.54) is 27.8 Å². The number of aryl methyl sites for hydroxylation is 2. The lowest BCUT2D eigenvalue weighted by atomic mass is 10.1. The van der Waals surface area contributed by atoms with Gasteiger partial charge >= 0.3 is 0 Å². The van der Waals surface area contributed by atoms with Gasteiger partial charge in [-0.1, -0.05) is 0 Å². The Morgan fingerprint density at radius 3 is 3.00 bits per heavy atom. The third kappa shape index (κ3) is 0.910. The molecule has 0 saturated carbocycles. The van der Waals surface area contributed by atoms with Gasteiger partial charge in [0.15, 0.2) is 0 Å². The molecule has 1 aliphatic rings. The van der Waals surface area contributed by atoms with E-state index in [4.69, 9.17) is 0 Å². The van der Waals surface area contributed by atoms with Crippen LogP contribution >= 0.6 is 0 Å². The summed E-state index contributed by atoms with van der Waals surface area (Å²) in [5.74, 6) is 0. The van der Waals surface area contributed by atoms with Crippen molar-refractivity contribution in [2.24, 2.45) is 7.05 Å². The molecule has 0 radical (unpaired) electrons. The van der Waals surface area contributed by atoms with Crippen molar-refractivity contribution in [3.05, 3.63) is 29.5 Å². The number of hydrogen-bond donors (Lipinski definition) is 1. The summed E-state index contributed by atoms with van der Waals surface area (Å²) in [6.45, 7) is 3.24. The van der Waals surface area contributed by atoms with Gasteiger partial charge < -0.3 is 9.88 Å². The van der Waals surface area contributed by atoms with Crippen LogP contribution in [-0.2, 0) is 13.5 Å². The van der Waals surface area contributed by atoms with Crippen LogP contribution in [0.5, 0.6) is 0 Å². The summed E-state index contributed by atoms with van der Waals surface area (Å²) in [6.07, 6.45) is 1.16. The topological polar surface area (TPSA) is 17.0 Å². The average Bonchev–Trinajstić information content (AvgIpc) is 2.70. The highest BCUT2D eigenvalue weighted by atomic mass is 14.9. The summed E-state index contributed by atoms with van der Waals surface area (Å²) >= 11 is 0. The summed E-state index contributed by atoms with van der Waals surface area (Å²) < 4.78 is 2.26. The van der Waals surface area contributed by atoms with Crippen molar-refractivity contribution in [2.75, 3.05) is 11.9 Å². The predicted octanol–water partition coefficient (Wildman–Crippen LogP) is 2.45. The fraction of sp³-hybridized carbons (Fsp3) is 0.333. The lowest BCUT2D eigenvalue weighted by molar-refractivity contribution is 0.917. The second-order valence-electron chi connectivity index (χ2n) is 4.09. The third-order valence-corrected chi connectivity index (χ3v) is 3.22. The Labute approximate surface area is 83.5 Å². The van der Waals surface area contributed by atoms with Gasteiger partial charge in [-0.25, -0.2) is 0 Å². The van der Waals surface area contributed by atoms with E-state index in [1.54, 1.807) is 0 Å². The highest BCUT2D eigenvalue weighted by Gasteiger charge is 2.12. The van der Waals surface area contributed by atoms with Gasteiger partial charge in [0.25, 0.3) is 0 Å². The van der Waals surface area contributed by atoms with Gasteiger partial charge in [0.2, 0.25) is 0 Å². The first-order chi connectivity index (χ1) is 6.75. The number of fused-ring (bicyclic) bond motifs is 2. The predicted molar refractivity (Wildman–Crippen MR) is 59.8 cm³/mol. The van der Waals surface area contributed by atoms with E-state index >= 15 is 0 Å². The molecule has 3 rings (SSSR count). The number of aromatic nitrogens is 1. The largest absolute Gasteiger partial charge is 0.384 e. The van der Waals surface area contributed by atoms with E-state index in [1.807, 2.05) is 0 Å². The van der Waals surface area contributed by atoms with Crippen LogP contribution in [0.1, 0.15) is 11.3 Å². The van der Waals surface area contributed by atoms with Gasteiger partial charge in [-0.3, -0.25) is 0 Å². The normalized spacial score (nSPS) is 14.4. The van der Waals surface area contributed by atoms with E-state index in [2.05, 4.69) is 42.1 Å². The minimum atomic E-state index is 1.09. The maximum atomic E-state index is 3.41. The number of anilines is 1. The zero-order valence-corrected chi connectivity index (χ0v) is 8.59. The van der Waals surface area contributed by atoms with Crippen LogP contribution in [-0.4, -0.2) is 11.1 Å². The van der Waals surface area contributed by atoms with E-state index in [0.29, 0.717) is 0 Å². The average molecular weight is 186 g/mol. The first kappa shape index (κ1) is 7.92. The Bertz CT molecular complexity index is 509. The smallest absolute Gasteiger partial charge is 0.0484 e. The zero-order valence-electron chi connectivity index (χ0n) is 8.59. The van der Waals surface area contributed by atoms with Gasteiger partial charge in [0, 0.05) is 35.9 Å². The number of hydrogen-bond acceptors (Lipinski definition) is 1. The molecule has 0 spiro atoms. The molecule has 1 aromatic carbocycles. The third-order valence-electron chi connectivity index (χ3n) is 3.22. The molecule has 0 aliphatic carbocycles. The zero-order chi connectivity index (χ0) is 9.71. The van der Waals surface area contributed by atoms with Crippen molar-refractivity contribution in [1.29, 1.82) is 0 Å². The maximum Gasteiger partial charge on any atom is 0.0484 e. The second kappa shape index (κ2) is 2.53. The lowest BCUT2D eigenvalue weighted by Crippen LogP contribution is -1.90. The second-order valence-corrected chi connectivity index (χ2v) is 4.09. The highest BCUT2D eigenvalue weighted by Crippen LogP contribution is 2.29. The summed E-state index contributed by atoms with van der Waals surface area (Å²) in [5.41, 5.74) is 5.45. The molecule has 14 heavy (non-hydrogen) atoms. The van der Waals surface area contributed by atoms with Crippen molar-refractivity contribution in [3.63, 3.8) is 0 Å². The van der Waals surface area contributed by atoms with E-state index in [0.717, 1.165) is 13.0 Å². The number of benzene rings is 1. The van der Waals surface area contributed by atoms with Crippen LogP contribution in [0.25, 0.3) is 10.9 Å². The van der Waals surface area contributed by atoms with Crippen LogP contribution in [0.15, 0.2) is 18.2 Å². The first-order valence-electron chi connectivity index (χ1n) is 5.08. The van der Waals surface area contributed by atoms with Crippen molar-refractivity contribution >= 4 is 16.6 Å². The van der Waals surface area contributed by atoms with Crippen molar-refractivity contribution < 1.29 is 0 Å². The molecule has 0 fully saturated rings. The molecule has 0 bridgehead atoms. The van der Waals surface area contributed by atoms with Crippen LogP contribution in [0, 0.1) is 6.92 Å². The fourth-order valence-electron chi connectivity index (χ4n) is 2.27. The Kier molecular flexibility index (Phi) is 1.43.